The second-order valence-corrected chi connectivity index (χ2v) is 5.25. The van der Waals surface area contributed by atoms with Crippen LogP contribution >= 0.6 is 0 Å². The van der Waals surface area contributed by atoms with Crippen molar-refractivity contribution in [3.8, 4) is 17.4 Å². The fourth-order valence-electron chi connectivity index (χ4n) is 1.41. The second kappa shape index (κ2) is 4.93. The molecule has 7 nitrogen and oxygen atoms in total. The molecule has 2 rings (SSSR count). The summed E-state index contributed by atoms with van der Waals surface area (Å²) in [5.41, 5.74) is 6.44. The lowest BCUT2D eigenvalue weighted by Gasteiger charge is -2.23. The summed E-state index contributed by atoms with van der Waals surface area (Å²) in [4.78, 5) is 12.3. The van der Waals surface area contributed by atoms with Crippen LogP contribution in [0.2, 0.25) is 0 Å². The Balaban J connectivity index is 2.30. The topological polar surface area (TPSA) is 100.0 Å². The molecule has 0 spiro atoms. The van der Waals surface area contributed by atoms with Crippen LogP contribution in [0, 0.1) is 5.41 Å². The molecule has 0 aliphatic rings. The van der Waals surface area contributed by atoms with Crippen molar-refractivity contribution in [1.82, 2.24) is 20.1 Å². The number of hydrogen-bond acceptors (Lipinski definition) is 7. The van der Waals surface area contributed by atoms with Gasteiger partial charge in [0.1, 0.15) is 12.0 Å². The van der Waals surface area contributed by atoms with Crippen molar-refractivity contribution in [2.45, 2.75) is 26.8 Å². The lowest BCUT2D eigenvalue weighted by atomic mass is 9.87. The highest BCUT2D eigenvalue weighted by molar-refractivity contribution is 5.49. The first-order chi connectivity index (χ1) is 8.91. The van der Waals surface area contributed by atoms with Crippen LogP contribution < -0.4 is 10.5 Å². The maximum Gasteiger partial charge on any atom is 0.244 e. The third kappa shape index (κ3) is 2.87. The minimum atomic E-state index is -0.336. The van der Waals surface area contributed by atoms with Gasteiger partial charge in [-0.15, -0.1) is 0 Å². The Hall–Kier alpha value is -2.02. The normalized spacial score (nSPS) is 13.3. The summed E-state index contributed by atoms with van der Waals surface area (Å²) in [6.07, 6.45) is 1.38. The van der Waals surface area contributed by atoms with Gasteiger partial charge < -0.3 is 15.0 Å². The molecule has 2 aromatic rings. The SMILES string of the molecule is COc1cc(-c2noc([C@@H](N)C(C)(C)C)n2)ncn1. The fourth-order valence-corrected chi connectivity index (χ4v) is 1.41. The summed E-state index contributed by atoms with van der Waals surface area (Å²) >= 11 is 0. The molecule has 0 bridgehead atoms. The van der Waals surface area contributed by atoms with Crippen molar-refractivity contribution in [1.29, 1.82) is 0 Å². The predicted octanol–water partition coefficient (Wildman–Crippen LogP) is 1.58. The Morgan fingerprint density at radius 1 is 1.32 bits per heavy atom. The van der Waals surface area contributed by atoms with E-state index in [1.807, 2.05) is 20.8 Å². The first kappa shape index (κ1) is 13.4. The molecule has 1 atom stereocenters. The first-order valence-electron chi connectivity index (χ1n) is 5.87. The van der Waals surface area contributed by atoms with Crippen LogP contribution in [0.4, 0.5) is 0 Å². The fraction of sp³-hybridized carbons (Fsp3) is 0.500. The second-order valence-electron chi connectivity index (χ2n) is 5.25. The van der Waals surface area contributed by atoms with Crippen LogP contribution in [0.5, 0.6) is 5.88 Å². The molecule has 2 aromatic heterocycles. The molecule has 0 amide bonds. The van der Waals surface area contributed by atoms with Crippen LogP contribution in [-0.2, 0) is 0 Å². The van der Waals surface area contributed by atoms with Crippen molar-refractivity contribution in [3.05, 3.63) is 18.3 Å². The lowest BCUT2D eigenvalue weighted by molar-refractivity contribution is 0.253. The van der Waals surface area contributed by atoms with Crippen LogP contribution in [0.3, 0.4) is 0 Å². The molecular formula is C12H17N5O2. The Labute approximate surface area is 111 Å². The molecule has 19 heavy (non-hydrogen) atoms. The maximum absolute atomic E-state index is 6.07. The van der Waals surface area contributed by atoms with E-state index in [9.17, 15) is 0 Å². The van der Waals surface area contributed by atoms with Gasteiger partial charge in [-0.3, -0.25) is 0 Å². The predicted molar refractivity (Wildman–Crippen MR) is 68.3 cm³/mol. The van der Waals surface area contributed by atoms with Crippen molar-refractivity contribution < 1.29 is 9.26 Å². The lowest BCUT2D eigenvalue weighted by Crippen LogP contribution is -2.26. The summed E-state index contributed by atoms with van der Waals surface area (Å²) < 4.78 is 10.2. The number of nitrogens with zero attached hydrogens (tertiary/aromatic N) is 4. The summed E-state index contributed by atoms with van der Waals surface area (Å²) in [6.45, 7) is 6.03. The number of hydrogen-bond donors (Lipinski definition) is 1. The Kier molecular flexibility index (Phi) is 3.48. The Morgan fingerprint density at radius 2 is 2.05 bits per heavy atom. The zero-order valence-electron chi connectivity index (χ0n) is 11.4. The molecule has 0 aliphatic heterocycles. The molecule has 102 valence electrons. The quantitative estimate of drug-likeness (QED) is 0.897. The van der Waals surface area contributed by atoms with E-state index in [0.29, 0.717) is 23.3 Å². The Bertz CT molecular complexity index is 561. The van der Waals surface area contributed by atoms with Gasteiger partial charge in [0.15, 0.2) is 0 Å². The van der Waals surface area contributed by atoms with E-state index in [1.165, 1.54) is 13.4 Å². The number of ether oxygens (including phenoxy) is 1. The minimum absolute atomic E-state index is 0.160. The van der Waals surface area contributed by atoms with E-state index < -0.39 is 0 Å². The molecule has 0 aromatic carbocycles. The number of methoxy groups -OCH3 is 1. The molecule has 0 saturated heterocycles. The molecule has 0 radical (unpaired) electrons. The van der Waals surface area contributed by atoms with Gasteiger partial charge in [0.25, 0.3) is 0 Å². The molecule has 0 unspecified atom stereocenters. The number of aromatic nitrogens is 4. The summed E-state index contributed by atoms with van der Waals surface area (Å²) in [5.74, 6) is 1.20. The average molecular weight is 263 g/mol. The molecule has 2 heterocycles. The maximum atomic E-state index is 6.07. The van der Waals surface area contributed by atoms with Crippen molar-refractivity contribution >= 4 is 0 Å². The molecule has 0 fully saturated rings. The molecule has 7 heteroatoms. The zero-order valence-corrected chi connectivity index (χ0v) is 11.4. The third-order valence-electron chi connectivity index (χ3n) is 2.72. The van der Waals surface area contributed by atoms with Gasteiger partial charge in [-0.2, -0.15) is 4.98 Å². The van der Waals surface area contributed by atoms with Crippen LogP contribution in [0.1, 0.15) is 32.7 Å². The highest BCUT2D eigenvalue weighted by Crippen LogP contribution is 2.30. The average Bonchev–Trinajstić information content (AvgIpc) is 2.86. The minimum Gasteiger partial charge on any atom is -0.481 e. The van der Waals surface area contributed by atoms with Gasteiger partial charge in [0.2, 0.25) is 17.6 Å². The first-order valence-corrected chi connectivity index (χ1v) is 5.87. The van der Waals surface area contributed by atoms with E-state index in [-0.39, 0.29) is 11.5 Å². The summed E-state index contributed by atoms with van der Waals surface area (Å²) in [7, 11) is 1.53. The molecule has 0 aliphatic carbocycles. The standard InChI is InChI=1S/C12H17N5O2/c1-12(2,3)9(13)11-16-10(17-19-11)7-5-8(18-4)15-6-14-7/h5-6,9H,13H2,1-4H3/t9-/m1/s1. The monoisotopic (exact) mass is 263 g/mol. The largest absolute Gasteiger partial charge is 0.481 e. The summed E-state index contributed by atoms with van der Waals surface area (Å²) in [5, 5.41) is 3.88. The number of rotatable bonds is 3. The zero-order chi connectivity index (χ0) is 14.0. The van der Waals surface area contributed by atoms with Crippen LogP contribution in [0.25, 0.3) is 11.5 Å². The Morgan fingerprint density at radius 3 is 2.68 bits per heavy atom. The number of nitrogens with two attached hydrogens (primary N) is 1. The highest BCUT2D eigenvalue weighted by atomic mass is 16.5. The van der Waals surface area contributed by atoms with E-state index in [2.05, 4.69) is 20.1 Å². The highest BCUT2D eigenvalue weighted by Gasteiger charge is 2.28. The van der Waals surface area contributed by atoms with Gasteiger partial charge in [-0.1, -0.05) is 25.9 Å². The van der Waals surface area contributed by atoms with Crippen LogP contribution in [0.15, 0.2) is 16.9 Å². The van der Waals surface area contributed by atoms with Gasteiger partial charge in [0.05, 0.1) is 13.2 Å². The third-order valence-corrected chi connectivity index (χ3v) is 2.72. The van der Waals surface area contributed by atoms with Crippen molar-refractivity contribution in [2.24, 2.45) is 11.1 Å². The molecular weight excluding hydrogens is 246 g/mol. The van der Waals surface area contributed by atoms with Gasteiger partial charge in [0, 0.05) is 6.07 Å². The van der Waals surface area contributed by atoms with E-state index in [0.717, 1.165) is 0 Å². The van der Waals surface area contributed by atoms with Gasteiger partial charge in [-0.25, -0.2) is 9.97 Å². The summed E-state index contributed by atoms with van der Waals surface area (Å²) in [6, 6.07) is 1.30. The van der Waals surface area contributed by atoms with Crippen molar-refractivity contribution in [3.63, 3.8) is 0 Å². The van der Waals surface area contributed by atoms with Crippen LogP contribution in [-0.4, -0.2) is 27.2 Å². The smallest absolute Gasteiger partial charge is 0.244 e. The molecule has 2 N–H and O–H groups in total. The van der Waals surface area contributed by atoms with E-state index >= 15 is 0 Å². The van der Waals surface area contributed by atoms with Gasteiger partial charge >= 0.3 is 0 Å². The van der Waals surface area contributed by atoms with E-state index in [4.69, 9.17) is 15.0 Å². The van der Waals surface area contributed by atoms with Gasteiger partial charge in [-0.05, 0) is 5.41 Å². The van der Waals surface area contributed by atoms with E-state index in [1.54, 1.807) is 6.07 Å². The van der Waals surface area contributed by atoms with Crippen molar-refractivity contribution in [2.75, 3.05) is 7.11 Å². The molecule has 0 saturated carbocycles.